The summed E-state index contributed by atoms with van der Waals surface area (Å²) in [4.78, 5) is 0. The van der Waals surface area contributed by atoms with Crippen LogP contribution in [-0.4, -0.2) is 76.1 Å². The van der Waals surface area contributed by atoms with Crippen molar-refractivity contribution in [2.75, 3.05) is 20.8 Å². The molecule has 1 fully saturated rings. The third kappa shape index (κ3) is 4.18. The van der Waals surface area contributed by atoms with Gasteiger partial charge in [0.25, 0.3) is 0 Å². The van der Waals surface area contributed by atoms with Gasteiger partial charge in [-0.1, -0.05) is 0 Å². The summed E-state index contributed by atoms with van der Waals surface area (Å²) in [7, 11) is 2.72. The number of hydrogen-bond acceptors (Lipinski definition) is 11. The molecule has 2 aromatic rings. The van der Waals surface area contributed by atoms with Gasteiger partial charge in [-0.15, -0.1) is 0 Å². The normalized spacial score (nSPS) is 26.6. The Morgan fingerprint density at radius 1 is 0.909 bits per heavy atom. The van der Waals surface area contributed by atoms with Crippen molar-refractivity contribution in [2.24, 2.45) is 0 Å². The van der Waals surface area contributed by atoms with Crippen LogP contribution in [0.15, 0.2) is 30.0 Å². The van der Waals surface area contributed by atoms with Crippen LogP contribution in [0, 0.1) is 0 Å². The maximum absolute atomic E-state index is 10.3. The van der Waals surface area contributed by atoms with Gasteiger partial charge in [-0.25, -0.2) is 0 Å². The van der Waals surface area contributed by atoms with Gasteiger partial charge in [-0.05, 0) is 18.2 Å². The first-order valence-electron chi connectivity index (χ1n) is 9.95. The highest BCUT2D eigenvalue weighted by atomic mass is 16.7. The second kappa shape index (κ2) is 8.87. The second-order valence-corrected chi connectivity index (χ2v) is 7.56. The van der Waals surface area contributed by atoms with Crippen molar-refractivity contribution in [3.8, 4) is 34.5 Å². The molecule has 4 rings (SSSR count). The lowest BCUT2D eigenvalue weighted by Gasteiger charge is -2.37. The van der Waals surface area contributed by atoms with Crippen LogP contribution in [0.1, 0.15) is 17.2 Å². The molecule has 0 bridgehead atoms. The lowest BCUT2D eigenvalue weighted by Crippen LogP contribution is -2.53. The van der Waals surface area contributed by atoms with Gasteiger partial charge in [0.1, 0.15) is 41.3 Å². The fraction of sp³-hybridized carbons (Fsp3) is 0.364. The van der Waals surface area contributed by atoms with E-state index < -0.39 is 30.7 Å². The molecule has 1 saturated heterocycles. The van der Waals surface area contributed by atoms with Crippen molar-refractivity contribution in [1.29, 1.82) is 0 Å². The molecule has 2 aliphatic heterocycles. The summed E-state index contributed by atoms with van der Waals surface area (Å²) in [5.74, 6) is -0.376. The Balaban J connectivity index is 1.78. The molecule has 11 nitrogen and oxygen atoms in total. The van der Waals surface area contributed by atoms with E-state index in [1.54, 1.807) is 0 Å². The fourth-order valence-corrected chi connectivity index (χ4v) is 3.65. The zero-order valence-corrected chi connectivity index (χ0v) is 17.7. The van der Waals surface area contributed by atoms with E-state index in [0.717, 1.165) is 6.07 Å². The topological polar surface area (TPSA) is 168 Å². The molecule has 2 aromatic carbocycles. The molecule has 0 saturated carbocycles. The van der Waals surface area contributed by atoms with Crippen LogP contribution in [0.4, 0.5) is 0 Å². The predicted molar refractivity (Wildman–Crippen MR) is 111 cm³/mol. The van der Waals surface area contributed by atoms with E-state index in [-0.39, 0.29) is 52.4 Å². The van der Waals surface area contributed by atoms with Crippen molar-refractivity contribution in [2.45, 2.75) is 30.7 Å². The van der Waals surface area contributed by atoms with Crippen LogP contribution < -0.4 is 14.2 Å². The molecule has 5 atom stereocenters. The fourth-order valence-electron chi connectivity index (χ4n) is 3.65. The lowest BCUT2D eigenvalue weighted by molar-refractivity contribution is -0.261. The summed E-state index contributed by atoms with van der Waals surface area (Å²) in [6.45, 7) is -0.280. The van der Waals surface area contributed by atoms with E-state index in [2.05, 4.69) is 0 Å². The third-order valence-corrected chi connectivity index (χ3v) is 5.41. The van der Waals surface area contributed by atoms with E-state index in [1.807, 2.05) is 0 Å². The second-order valence-electron chi connectivity index (χ2n) is 7.56. The minimum absolute atomic E-state index is 0.0610. The van der Waals surface area contributed by atoms with Gasteiger partial charge in [0, 0.05) is 17.7 Å². The van der Waals surface area contributed by atoms with Gasteiger partial charge < -0.3 is 54.3 Å². The van der Waals surface area contributed by atoms with E-state index in [0.29, 0.717) is 5.56 Å². The lowest BCUT2D eigenvalue weighted by atomic mass is 10.00. The minimum Gasteiger partial charge on any atom is -0.508 e. The highest BCUT2D eigenvalue weighted by Gasteiger charge is 2.41. The largest absolute Gasteiger partial charge is 0.508 e. The van der Waals surface area contributed by atoms with Crippen LogP contribution in [0.5, 0.6) is 34.5 Å². The molecule has 0 aliphatic carbocycles. The third-order valence-electron chi connectivity index (χ3n) is 5.41. The SMILES string of the molecule is COc1cc(C2Oc3cc(O)cc(O)c3C=C2O[C@H]2OC[C@H](O)[C@H](O)[C@H]2O)cc(OC)c1O. The summed E-state index contributed by atoms with van der Waals surface area (Å²) >= 11 is 0. The van der Waals surface area contributed by atoms with Crippen LogP contribution in [0.25, 0.3) is 6.08 Å². The number of phenols is 3. The Kier molecular flexibility index (Phi) is 6.13. The maximum Gasteiger partial charge on any atom is 0.228 e. The minimum atomic E-state index is -1.57. The van der Waals surface area contributed by atoms with Crippen LogP contribution in [0.3, 0.4) is 0 Å². The number of ether oxygens (including phenoxy) is 5. The Bertz CT molecular complexity index is 1040. The van der Waals surface area contributed by atoms with E-state index >= 15 is 0 Å². The molecule has 0 radical (unpaired) electrons. The van der Waals surface area contributed by atoms with Crippen molar-refractivity contribution in [1.82, 2.24) is 0 Å². The standard InChI is InChI=1S/C22H24O11/c1-29-15-3-9(4-16(30-2)19(15)27)21-17(33-22-20(28)18(26)13(25)8-31-22)7-11-12(24)5-10(23)6-14(11)32-21/h3-7,13,18,20-28H,8H2,1-2H3/t13-,18-,20+,21?,22+/m0/s1. The summed E-state index contributed by atoms with van der Waals surface area (Å²) in [5.41, 5.74) is 0.592. The molecular weight excluding hydrogens is 440 g/mol. The monoisotopic (exact) mass is 464 g/mol. The summed E-state index contributed by atoms with van der Waals surface area (Å²) < 4.78 is 27.6. The van der Waals surface area contributed by atoms with E-state index in [9.17, 15) is 30.6 Å². The van der Waals surface area contributed by atoms with Gasteiger partial charge in [0.2, 0.25) is 12.0 Å². The first-order chi connectivity index (χ1) is 15.7. The number of aromatic hydroxyl groups is 3. The first-order valence-corrected chi connectivity index (χ1v) is 9.95. The van der Waals surface area contributed by atoms with Crippen LogP contribution >= 0.6 is 0 Å². The molecular formula is C22H24O11. The quantitative estimate of drug-likeness (QED) is 0.369. The summed E-state index contributed by atoms with van der Waals surface area (Å²) in [6, 6.07) is 5.37. The number of aliphatic hydroxyl groups is 3. The number of aliphatic hydroxyl groups excluding tert-OH is 3. The summed E-state index contributed by atoms with van der Waals surface area (Å²) in [5, 5.41) is 60.4. The maximum atomic E-state index is 10.3. The van der Waals surface area contributed by atoms with Gasteiger partial charge in [0.05, 0.1) is 26.4 Å². The Morgan fingerprint density at radius 3 is 2.21 bits per heavy atom. The Hall–Kier alpha value is -3.38. The van der Waals surface area contributed by atoms with Gasteiger partial charge >= 0.3 is 0 Å². The van der Waals surface area contributed by atoms with Gasteiger partial charge in [-0.3, -0.25) is 0 Å². The average molecular weight is 464 g/mol. The van der Waals surface area contributed by atoms with Gasteiger partial charge in [-0.2, -0.15) is 0 Å². The average Bonchev–Trinajstić information content (AvgIpc) is 2.79. The molecule has 11 heteroatoms. The van der Waals surface area contributed by atoms with Crippen molar-refractivity contribution in [3.05, 3.63) is 41.2 Å². The predicted octanol–water partition coefficient (Wildman–Crippen LogP) is 0.751. The molecule has 0 aromatic heterocycles. The van der Waals surface area contributed by atoms with Crippen molar-refractivity contribution < 1.29 is 54.3 Å². The van der Waals surface area contributed by atoms with Crippen molar-refractivity contribution in [3.63, 3.8) is 0 Å². The Morgan fingerprint density at radius 2 is 1.58 bits per heavy atom. The Labute approximate surface area is 188 Å². The molecule has 6 N–H and O–H groups in total. The molecule has 2 aliphatic rings. The molecule has 178 valence electrons. The molecule has 0 spiro atoms. The summed E-state index contributed by atoms with van der Waals surface area (Å²) in [6.07, 6.45) is -5.32. The zero-order chi connectivity index (χ0) is 23.9. The molecule has 1 unspecified atom stereocenters. The molecule has 2 heterocycles. The smallest absolute Gasteiger partial charge is 0.228 e. The molecule has 0 amide bonds. The van der Waals surface area contributed by atoms with Crippen LogP contribution in [0.2, 0.25) is 0 Å². The zero-order valence-electron chi connectivity index (χ0n) is 17.7. The van der Waals surface area contributed by atoms with Crippen LogP contribution in [-0.2, 0) is 9.47 Å². The van der Waals surface area contributed by atoms with Gasteiger partial charge in [0.15, 0.2) is 17.6 Å². The van der Waals surface area contributed by atoms with E-state index in [1.165, 1.54) is 38.5 Å². The number of benzene rings is 2. The number of phenolic OH excluding ortho intramolecular Hbond substituents is 3. The van der Waals surface area contributed by atoms with Crippen molar-refractivity contribution >= 4 is 6.08 Å². The highest BCUT2D eigenvalue weighted by molar-refractivity contribution is 5.70. The number of rotatable bonds is 5. The first kappa shape index (κ1) is 22.8. The highest BCUT2D eigenvalue weighted by Crippen LogP contribution is 2.47. The molecule has 33 heavy (non-hydrogen) atoms. The number of fused-ring (bicyclic) bond motifs is 1. The number of hydrogen-bond donors (Lipinski definition) is 6. The van der Waals surface area contributed by atoms with E-state index in [4.69, 9.17) is 23.7 Å². The number of methoxy groups -OCH3 is 2.